The molecule has 1 atom stereocenters. The molecular formula is C12H22N4O2. The first-order valence-corrected chi connectivity index (χ1v) is 6.47. The van der Waals surface area contributed by atoms with Gasteiger partial charge in [-0.25, -0.2) is 0 Å². The summed E-state index contributed by atoms with van der Waals surface area (Å²) in [6.07, 6.45) is 3.27. The standard InChI is InChI=1S/C12H22N4O2/c1-4-6-10(13)8-11-12(16(17)18)9(3)14-15(11)7-5-2/h10H,4-8,13H2,1-3H3. The van der Waals surface area contributed by atoms with E-state index in [1.807, 2.05) is 6.92 Å². The van der Waals surface area contributed by atoms with E-state index in [0.29, 0.717) is 24.4 Å². The maximum absolute atomic E-state index is 11.1. The SMILES string of the molecule is CCCC(N)Cc1c([N+](=O)[O-])c(C)nn1CCC. The van der Waals surface area contributed by atoms with E-state index in [4.69, 9.17) is 5.73 Å². The second-order valence-corrected chi connectivity index (χ2v) is 4.61. The Hall–Kier alpha value is -1.43. The molecule has 1 heterocycles. The third-order valence-corrected chi connectivity index (χ3v) is 2.93. The zero-order valence-corrected chi connectivity index (χ0v) is 11.3. The van der Waals surface area contributed by atoms with Crippen LogP contribution >= 0.6 is 0 Å². The van der Waals surface area contributed by atoms with Crippen LogP contribution in [0.15, 0.2) is 0 Å². The fourth-order valence-electron chi connectivity index (χ4n) is 2.18. The predicted molar refractivity (Wildman–Crippen MR) is 70.5 cm³/mol. The first-order valence-electron chi connectivity index (χ1n) is 6.47. The molecule has 1 unspecified atom stereocenters. The van der Waals surface area contributed by atoms with Crippen LogP contribution < -0.4 is 5.73 Å². The van der Waals surface area contributed by atoms with Crippen molar-refractivity contribution >= 4 is 5.69 Å². The Bertz CT molecular complexity index is 414. The smallest absolute Gasteiger partial charge is 0.313 e. The van der Waals surface area contributed by atoms with E-state index in [1.54, 1.807) is 11.6 Å². The summed E-state index contributed by atoms with van der Waals surface area (Å²) in [7, 11) is 0. The van der Waals surface area contributed by atoms with Crippen molar-refractivity contribution < 1.29 is 4.92 Å². The molecule has 102 valence electrons. The van der Waals surface area contributed by atoms with Crippen LogP contribution in [0.2, 0.25) is 0 Å². The number of nitro groups is 1. The first kappa shape index (κ1) is 14.6. The van der Waals surface area contributed by atoms with Gasteiger partial charge in [0, 0.05) is 19.0 Å². The van der Waals surface area contributed by atoms with E-state index in [0.717, 1.165) is 19.3 Å². The van der Waals surface area contributed by atoms with Crippen molar-refractivity contribution in [3.8, 4) is 0 Å². The zero-order chi connectivity index (χ0) is 13.7. The highest BCUT2D eigenvalue weighted by atomic mass is 16.6. The molecule has 6 heteroatoms. The normalized spacial score (nSPS) is 12.7. The number of aromatic nitrogens is 2. The van der Waals surface area contributed by atoms with E-state index >= 15 is 0 Å². The highest BCUT2D eigenvalue weighted by molar-refractivity contribution is 5.41. The van der Waals surface area contributed by atoms with Crippen LogP contribution in [0.1, 0.15) is 44.5 Å². The van der Waals surface area contributed by atoms with Crippen LogP contribution in [0.5, 0.6) is 0 Å². The van der Waals surface area contributed by atoms with Gasteiger partial charge in [0.25, 0.3) is 0 Å². The quantitative estimate of drug-likeness (QED) is 0.596. The lowest BCUT2D eigenvalue weighted by Gasteiger charge is -2.11. The summed E-state index contributed by atoms with van der Waals surface area (Å²) in [5, 5.41) is 15.4. The summed E-state index contributed by atoms with van der Waals surface area (Å²) in [5.74, 6) is 0. The van der Waals surface area contributed by atoms with Crippen LogP contribution in [0.25, 0.3) is 0 Å². The minimum absolute atomic E-state index is 0.0413. The Balaban J connectivity index is 3.07. The molecule has 0 amide bonds. The molecule has 0 aliphatic heterocycles. The number of hydrogen-bond donors (Lipinski definition) is 1. The Morgan fingerprint density at radius 1 is 1.44 bits per heavy atom. The van der Waals surface area contributed by atoms with E-state index in [9.17, 15) is 10.1 Å². The molecule has 2 N–H and O–H groups in total. The Kier molecular flexibility index (Phi) is 5.27. The lowest BCUT2D eigenvalue weighted by atomic mass is 10.1. The van der Waals surface area contributed by atoms with Gasteiger partial charge in [-0.2, -0.15) is 5.10 Å². The van der Waals surface area contributed by atoms with Crippen molar-refractivity contribution in [1.29, 1.82) is 0 Å². The fourth-order valence-corrected chi connectivity index (χ4v) is 2.18. The van der Waals surface area contributed by atoms with Gasteiger partial charge in [0.2, 0.25) is 0 Å². The van der Waals surface area contributed by atoms with Gasteiger partial charge in [-0.05, 0) is 19.8 Å². The molecule has 0 radical (unpaired) electrons. The van der Waals surface area contributed by atoms with Gasteiger partial charge in [0.1, 0.15) is 11.4 Å². The second-order valence-electron chi connectivity index (χ2n) is 4.61. The lowest BCUT2D eigenvalue weighted by Crippen LogP contribution is -2.24. The third-order valence-electron chi connectivity index (χ3n) is 2.93. The summed E-state index contributed by atoms with van der Waals surface area (Å²) in [5.41, 5.74) is 7.28. The molecule has 0 aromatic carbocycles. The lowest BCUT2D eigenvalue weighted by molar-refractivity contribution is -0.386. The van der Waals surface area contributed by atoms with Crippen molar-refractivity contribution in [2.24, 2.45) is 5.73 Å². The highest BCUT2D eigenvalue weighted by Gasteiger charge is 2.25. The van der Waals surface area contributed by atoms with Crippen molar-refractivity contribution in [2.45, 2.75) is 59.0 Å². The monoisotopic (exact) mass is 254 g/mol. The predicted octanol–water partition coefficient (Wildman–Crippen LogP) is 2.18. The number of nitrogens with zero attached hydrogens (tertiary/aromatic N) is 3. The minimum Gasteiger partial charge on any atom is -0.327 e. The molecule has 1 aromatic rings. The third kappa shape index (κ3) is 3.29. The molecule has 0 saturated heterocycles. The molecule has 1 rings (SSSR count). The Morgan fingerprint density at radius 2 is 2.11 bits per heavy atom. The second kappa shape index (κ2) is 6.49. The van der Waals surface area contributed by atoms with Crippen molar-refractivity contribution in [1.82, 2.24) is 9.78 Å². The molecule has 0 aliphatic rings. The zero-order valence-electron chi connectivity index (χ0n) is 11.3. The van der Waals surface area contributed by atoms with E-state index in [-0.39, 0.29) is 16.7 Å². The van der Waals surface area contributed by atoms with Gasteiger partial charge in [0.05, 0.1) is 4.92 Å². The van der Waals surface area contributed by atoms with Crippen LogP contribution in [-0.4, -0.2) is 20.7 Å². The van der Waals surface area contributed by atoms with Crippen molar-refractivity contribution in [3.63, 3.8) is 0 Å². The van der Waals surface area contributed by atoms with Gasteiger partial charge in [-0.3, -0.25) is 14.8 Å². The fraction of sp³-hybridized carbons (Fsp3) is 0.750. The van der Waals surface area contributed by atoms with Gasteiger partial charge < -0.3 is 5.73 Å². The average molecular weight is 254 g/mol. The van der Waals surface area contributed by atoms with Gasteiger partial charge >= 0.3 is 5.69 Å². The van der Waals surface area contributed by atoms with E-state index < -0.39 is 0 Å². The highest BCUT2D eigenvalue weighted by Crippen LogP contribution is 2.24. The number of nitrogens with two attached hydrogens (primary N) is 1. The summed E-state index contributed by atoms with van der Waals surface area (Å²) in [6, 6.07) is -0.0413. The molecule has 0 saturated carbocycles. The van der Waals surface area contributed by atoms with Crippen LogP contribution in [0.4, 0.5) is 5.69 Å². The van der Waals surface area contributed by atoms with Gasteiger partial charge in [-0.1, -0.05) is 20.3 Å². The van der Waals surface area contributed by atoms with Crippen molar-refractivity contribution in [2.75, 3.05) is 0 Å². The van der Waals surface area contributed by atoms with Crippen LogP contribution in [-0.2, 0) is 13.0 Å². The first-order chi connectivity index (χ1) is 8.51. The van der Waals surface area contributed by atoms with E-state index in [2.05, 4.69) is 12.0 Å². The maximum atomic E-state index is 11.1. The number of hydrogen-bond acceptors (Lipinski definition) is 4. The van der Waals surface area contributed by atoms with Crippen molar-refractivity contribution in [3.05, 3.63) is 21.5 Å². The average Bonchev–Trinajstić information content (AvgIpc) is 2.56. The van der Waals surface area contributed by atoms with Crippen LogP contribution in [0, 0.1) is 17.0 Å². The van der Waals surface area contributed by atoms with Gasteiger partial charge in [-0.15, -0.1) is 0 Å². The number of rotatable bonds is 7. The molecule has 1 aromatic heterocycles. The molecule has 0 bridgehead atoms. The van der Waals surface area contributed by atoms with Gasteiger partial charge in [0.15, 0.2) is 0 Å². The minimum atomic E-state index is -0.345. The number of aryl methyl sites for hydroxylation is 2. The Labute approximate surface area is 107 Å². The topological polar surface area (TPSA) is 87.0 Å². The molecular weight excluding hydrogens is 232 g/mol. The molecule has 18 heavy (non-hydrogen) atoms. The molecule has 0 fully saturated rings. The molecule has 0 aliphatic carbocycles. The summed E-state index contributed by atoms with van der Waals surface area (Å²) in [6.45, 7) is 6.46. The Morgan fingerprint density at radius 3 is 2.61 bits per heavy atom. The molecule has 6 nitrogen and oxygen atoms in total. The van der Waals surface area contributed by atoms with Crippen LogP contribution in [0.3, 0.4) is 0 Å². The summed E-state index contributed by atoms with van der Waals surface area (Å²) >= 11 is 0. The largest absolute Gasteiger partial charge is 0.327 e. The summed E-state index contributed by atoms with van der Waals surface area (Å²) in [4.78, 5) is 10.8. The van der Waals surface area contributed by atoms with E-state index in [1.165, 1.54) is 0 Å². The molecule has 0 spiro atoms. The maximum Gasteiger partial charge on any atom is 0.313 e. The summed E-state index contributed by atoms with van der Waals surface area (Å²) < 4.78 is 1.74.